The van der Waals surface area contributed by atoms with Crippen molar-refractivity contribution in [2.24, 2.45) is 0 Å². The molecule has 0 N–H and O–H groups in total. The Balaban J connectivity index is 0.00000348. The molecule has 0 spiro atoms. The third kappa shape index (κ3) is 4.98. The number of fused-ring (bicyclic) bond motifs is 6. The van der Waals surface area contributed by atoms with Crippen molar-refractivity contribution in [3.8, 4) is 28.7 Å². The van der Waals surface area contributed by atoms with Crippen molar-refractivity contribution < 1.29 is 25.8 Å². The molecule has 0 radical (unpaired) electrons. The number of hydrogen-bond donors (Lipinski definition) is 0. The van der Waals surface area contributed by atoms with Gasteiger partial charge in [-0.2, -0.15) is 17.2 Å². The third-order valence-electron chi connectivity index (χ3n) is 9.20. The van der Waals surface area contributed by atoms with Crippen molar-refractivity contribution in [3.63, 3.8) is 0 Å². The molecule has 0 saturated heterocycles. The van der Waals surface area contributed by atoms with E-state index in [1.54, 1.807) is 0 Å². The molecule has 49 heavy (non-hydrogen) atoms. The molecule has 0 amide bonds. The normalized spacial score (nSPS) is 11.5. The van der Waals surface area contributed by atoms with Gasteiger partial charge in [-0.15, -0.1) is 35.7 Å². The van der Waals surface area contributed by atoms with Crippen LogP contribution >= 0.6 is 0 Å². The Morgan fingerprint density at radius 3 is 2.04 bits per heavy atom. The van der Waals surface area contributed by atoms with Crippen molar-refractivity contribution in [1.82, 2.24) is 23.9 Å². The number of para-hydroxylation sites is 3. The smallest absolute Gasteiger partial charge is 0.509 e. The summed E-state index contributed by atoms with van der Waals surface area (Å²) in [5, 5.41) is 9.32. The van der Waals surface area contributed by atoms with Crippen LogP contribution in [0.3, 0.4) is 0 Å². The summed E-state index contributed by atoms with van der Waals surface area (Å²) in [4.78, 5) is 4.94. The second kappa shape index (κ2) is 11.9. The summed E-state index contributed by atoms with van der Waals surface area (Å²) >= 11 is 0. The first kappa shape index (κ1) is 30.9. The molecule has 7 heteroatoms. The minimum atomic E-state index is 0. The average Bonchev–Trinajstić information content (AvgIpc) is 3.74. The molecule has 4 aromatic heterocycles. The number of ether oxygens (including phenoxy) is 1. The zero-order valence-corrected chi connectivity index (χ0v) is 29.7. The van der Waals surface area contributed by atoms with Gasteiger partial charge in [0.15, 0.2) is 0 Å². The van der Waals surface area contributed by atoms with E-state index >= 15 is 0 Å². The fraction of sp³-hybridized carbons (Fsp3) is 0.0952. The van der Waals surface area contributed by atoms with E-state index in [0.29, 0.717) is 11.5 Å². The summed E-state index contributed by atoms with van der Waals surface area (Å²) < 4.78 is 12.9. The summed E-state index contributed by atoms with van der Waals surface area (Å²) in [5.74, 6) is 2.00. The van der Waals surface area contributed by atoms with Crippen molar-refractivity contribution in [3.05, 3.63) is 150 Å². The first-order chi connectivity index (χ1) is 23.4. The number of hydrogen-bond acceptors (Lipinski definition) is 3. The van der Waals surface area contributed by atoms with E-state index in [2.05, 4.69) is 125 Å². The summed E-state index contributed by atoms with van der Waals surface area (Å²) in [6, 6.07) is 44.7. The number of aromatic nitrogens is 5. The molecular weight excluding hydrogens is 786 g/mol. The van der Waals surface area contributed by atoms with E-state index in [1.165, 1.54) is 32.9 Å². The van der Waals surface area contributed by atoms with Crippen LogP contribution < -0.4 is 4.74 Å². The Labute approximate surface area is 298 Å². The zero-order valence-electron chi connectivity index (χ0n) is 27.4. The third-order valence-corrected chi connectivity index (χ3v) is 9.20. The second-order valence-electron chi connectivity index (χ2n) is 12.4. The average molecular weight is 817 g/mol. The first-order valence-corrected chi connectivity index (χ1v) is 16.1. The van der Waals surface area contributed by atoms with Crippen LogP contribution in [0, 0.1) is 39.8 Å². The maximum Gasteiger partial charge on any atom is 2.00 e. The van der Waals surface area contributed by atoms with E-state index in [-0.39, 0.29) is 21.1 Å². The molecule has 4 heterocycles. The Morgan fingerprint density at radius 2 is 1.31 bits per heavy atom. The first-order valence-electron chi connectivity index (χ1n) is 16.1. The van der Waals surface area contributed by atoms with Gasteiger partial charge in [-0.25, -0.2) is 4.98 Å². The molecule has 0 aliphatic carbocycles. The van der Waals surface area contributed by atoms with Gasteiger partial charge in [-0.1, -0.05) is 60.1 Å². The van der Waals surface area contributed by atoms with Crippen LogP contribution in [0.2, 0.25) is 0 Å². The monoisotopic (exact) mass is 816 g/mol. The zero-order chi connectivity index (χ0) is 32.5. The molecule has 0 unspecified atom stereocenters. The predicted molar refractivity (Wildman–Crippen MR) is 193 cm³/mol. The summed E-state index contributed by atoms with van der Waals surface area (Å²) in [6.45, 7) is 8.39. The van der Waals surface area contributed by atoms with E-state index in [9.17, 15) is 0 Å². The van der Waals surface area contributed by atoms with Crippen LogP contribution in [-0.2, 0) is 21.1 Å². The number of benzene rings is 5. The Kier molecular flexibility index (Phi) is 7.50. The molecule has 9 rings (SSSR count). The Morgan fingerprint density at radius 1 is 0.612 bits per heavy atom. The fourth-order valence-electron chi connectivity index (χ4n) is 7.17. The summed E-state index contributed by atoms with van der Waals surface area (Å²) in [7, 11) is 0. The van der Waals surface area contributed by atoms with Crippen LogP contribution in [0.15, 0.2) is 115 Å². The molecule has 0 aliphatic heterocycles. The van der Waals surface area contributed by atoms with Crippen molar-refractivity contribution >= 4 is 43.6 Å². The molecule has 0 aliphatic rings. The minimum absolute atomic E-state index is 0. The predicted octanol–water partition coefficient (Wildman–Crippen LogP) is 10.1. The Bertz CT molecular complexity index is 2660. The van der Waals surface area contributed by atoms with Crippen LogP contribution in [0.4, 0.5) is 0 Å². The number of aryl methyl sites for hydroxylation is 4. The number of pyridine rings is 1. The fourth-order valence-corrected chi connectivity index (χ4v) is 7.17. The van der Waals surface area contributed by atoms with Crippen molar-refractivity contribution in [1.29, 1.82) is 0 Å². The quantitative estimate of drug-likeness (QED) is 0.163. The maximum absolute atomic E-state index is 6.40. The topological polar surface area (TPSA) is 49.8 Å². The van der Waals surface area contributed by atoms with E-state index in [0.717, 1.165) is 50.4 Å². The van der Waals surface area contributed by atoms with Gasteiger partial charge in [0.05, 0.1) is 22.4 Å². The maximum atomic E-state index is 6.40. The minimum Gasteiger partial charge on any atom is -0.509 e. The van der Waals surface area contributed by atoms with Gasteiger partial charge < -0.3 is 13.9 Å². The molecule has 0 saturated carbocycles. The van der Waals surface area contributed by atoms with Crippen molar-refractivity contribution in [2.75, 3.05) is 0 Å². The van der Waals surface area contributed by atoms with Gasteiger partial charge in [0.2, 0.25) is 0 Å². The van der Waals surface area contributed by atoms with Gasteiger partial charge in [0.1, 0.15) is 5.82 Å². The summed E-state index contributed by atoms with van der Waals surface area (Å²) in [6.07, 6.45) is 1.90. The number of rotatable bonds is 5. The van der Waals surface area contributed by atoms with Gasteiger partial charge in [-0.3, -0.25) is 4.68 Å². The molecule has 0 atom stereocenters. The molecule has 5 aromatic carbocycles. The SMILES string of the molecule is Cc1cc(C)n(-c2[c-]c(Oc3[c-]c4c(cc3)c3ccccc3n4-c3cc(-n4c5c(C)cccc5c5cccc(C)c54)ccn3)ccc2)n1.[Pt+2]. The van der Waals surface area contributed by atoms with Gasteiger partial charge in [0, 0.05) is 45.7 Å². The van der Waals surface area contributed by atoms with Crippen molar-refractivity contribution in [2.45, 2.75) is 27.7 Å². The van der Waals surface area contributed by atoms with Gasteiger partial charge in [-0.05, 0) is 68.1 Å². The van der Waals surface area contributed by atoms with Crippen LogP contribution in [0.1, 0.15) is 22.5 Å². The van der Waals surface area contributed by atoms with Gasteiger partial charge >= 0.3 is 21.1 Å². The van der Waals surface area contributed by atoms with Gasteiger partial charge in [0.25, 0.3) is 0 Å². The largest absolute Gasteiger partial charge is 2.00 e. The van der Waals surface area contributed by atoms with Crippen LogP contribution in [-0.4, -0.2) is 23.9 Å². The number of nitrogens with zero attached hydrogens (tertiary/aromatic N) is 5. The summed E-state index contributed by atoms with van der Waals surface area (Å²) in [5.41, 5.74) is 10.7. The Hall–Kier alpha value is -5.45. The standard InChI is InChI=1S/C42H31N5O.Pt/c1-26-10-7-15-36-37-16-8-11-27(2)42(37)45(41(26)36)30-20-21-43-40(24-30)46-38-17-6-5-14-34(38)35-19-18-33(25-39(35)46)48-32-13-9-12-31(23-32)47-29(4)22-28(3)44-47;/h5-22,24H,1-4H3;/q-2;+2. The van der Waals surface area contributed by atoms with E-state index < -0.39 is 0 Å². The molecule has 9 aromatic rings. The van der Waals surface area contributed by atoms with Crippen LogP contribution in [0.25, 0.3) is 60.8 Å². The molecule has 0 bridgehead atoms. The molecular formula is C42H31N5OPt. The van der Waals surface area contributed by atoms with E-state index in [4.69, 9.17) is 9.72 Å². The molecule has 0 fully saturated rings. The second-order valence-corrected chi connectivity index (χ2v) is 12.4. The molecule has 240 valence electrons. The van der Waals surface area contributed by atoms with E-state index in [1.807, 2.05) is 49.0 Å². The molecule has 6 nitrogen and oxygen atoms in total. The van der Waals surface area contributed by atoms with Crippen LogP contribution in [0.5, 0.6) is 11.5 Å².